The molecule has 142 valence electrons. The molecule has 1 N–H and O–H groups in total. The minimum Gasteiger partial charge on any atom is -0.361 e. The third kappa shape index (κ3) is 2.42. The van der Waals surface area contributed by atoms with E-state index in [0.717, 1.165) is 19.4 Å². The Hall–Kier alpha value is -2.07. The number of nitrogens with zero attached hydrogens (tertiary/aromatic N) is 2. The van der Waals surface area contributed by atoms with Crippen molar-refractivity contribution < 1.29 is 4.79 Å². The Morgan fingerprint density at radius 1 is 1.22 bits per heavy atom. The molecule has 1 saturated heterocycles. The minimum absolute atomic E-state index is 0.0420. The van der Waals surface area contributed by atoms with Crippen LogP contribution < -0.4 is 0 Å². The number of carbonyl (C=O) groups excluding carboxylic acids is 1. The zero-order chi connectivity index (χ0) is 18.9. The van der Waals surface area contributed by atoms with Crippen molar-refractivity contribution in [3.8, 4) is 0 Å². The van der Waals surface area contributed by atoms with Crippen LogP contribution in [0.1, 0.15) is 45.2 Å². The van der Waals surface area contributed by atoms with E-state index >= 15 is 0 Å². The second-order valence-electron chi connectivity index (χ2n) is 8.96. The van der Waals surface area contributed by atoms with Crippen LogP contribution in [0.15, 0.2) is 30.5 Å². The predicted molar refractivity (Wildman–Crippen MR) is 109 cm³/mol. The molecule has 27 heavy (non-hydrogen) atoms. The van der Waals surface area contributed by atoms with E-state index in [1.54, 1.807) is 0 Å². The van der Waals surface area contributed by atoms with Crippen molar-refractivity contribution in [1.29, 1.82) is 0 Å². The standard InChI is InChI=1S/C23H29N3O/c1-13(2)25-12-17(23(27)26-14(3)8-15(26)4)9-19-18-6-5-7-20-22(18)16(11-24-20)10-21(19)25/h5-7,9,11,13-15,17,21,24H,8,10,12H2,1-4H3/t14?,15?,17-,21-/m1/s1. The highest BCUT2D eigenvalue weighted by Crippen LogP contribution is 2.42. The Morgan fingerprint density at radius 2 is 2.00 bits per heavy atom. The minimum atomic E-state index is -0.0420. The lowest BCUT2D eigenvalue weighted by molar-refractivity contribution is -0.147. The van der Waals surface area contributed by atoms with Crippen molar-refractivity contribution >= 4 is 22.4 Å². The fourth-order valence-electron chi connectivity index (χ4n) is 5.64. The van der Waals surface area contributed by atoms with Gasteiger partial charge in [-0.25, -0.2) is 0 Å². The molecular weight excluding hydrogens is 334 g/mol. The van der Waals surface area contributed by atoms with Gasteiger partial charge in [-0.15, -0.1) is 0 Å². The van der Waals surface area contributed by atoms with Crippen LogP contribution in [-0.2, 0) is 11.2 Å². The Balaban J connectivity index is 1.60. The van der Waals surface area contributed by atoms with Gasteiger partial charge in [-0.3, -0.25) is 9.69 Å². The molecule has 0 radical (unpaired) electrons. The van der Waals surface area contributed by atoms with Gasteiger partial charge in [0.2, 0.25) is 5.91 Å². The summed E-state index contributed by atoms with van der Waals surface area (Å²) >= 11 is 0. The highest BCUT2D eigenvalue weighted by molar-refractivity contribution is 5.99. The van der Waals surface area contributed by atoms with Crippen LogP contribution in [0.2, 0.25) is 0 Å². The number of nitrogens with one attached hydrogen (secondary N) is 1. The number of likely N-dealkylation sites (tertiary alicyclic amines) is 1. The molecule has 1 aromatic heterocycles. The summed E-state index contributed by atoms with van der Waals surface area (Å²) in [6, 6.07) is 8.06. The van der Waals surface area contributed by atoms with Crippen LogP contribution >= 0.6 is 0 Å². The molecule has 4 atom stereocenters. The molecule has 2 aliphatic heterocycles. The zero-order valence-corrected chi connectivity index (χ0v) is 16.7. The average Bonchev–Trinajstić information content (AvgIpc) is 3.05. The summed E-state index contributed by atoms with van der Waals surface area (Å²) in [6.07, 6.45) is 6.62. The fraction of sp³-hybridized carbons (Fsp3) is 0.522. The summed E-state index contributed by atoms with van der Waals surface area (Å²) in [6.45, 7) is 9.68. The number of rotatable bonds is 2. The van der Waals surface area contributed by atoms with Crippen LogP contribution in [0, 0.1) is 5.92 Å². The molecule has 5 rings (SSSR count). The molecule has 1 amide bonds. The maximum absolute atomic E-state index is 13.3. The lowest BCUT2D eigenvalue weighted by atomic mass is 9.78. The third-order valence-electron chi connectivity index (χ3n) is 6.93. The first-order chi connectivity index (χ1) is 13.0. The molecule has 3 aliphatic rings. The SMILES string of the molecule is CC1CC(C)N1C(=O)[C@@H]1C=C2c3cccc4[nH]cc(c34)C[C@H]2N(C(C)C)C1. The maximum Gasteiger partial charge on any atom is 0.231 e. The summed E-state index contributed by atoms with van der Waals surface area (Å²) in [5.41, 5.74) is 5.28. The van der Waals surface area contributed by atoms with Gasteiger partial charge in [-0.1, -0.05) is 18.2 Å². The number of fused-ring (bicyclic) bond motifs is 2. The third-order valence-corrected chi connectivity index (χ3v) is 6.93. The van der Waals surface area contributed by atoms with E-state index in [1.165, 1.54) is 27.6 Å². The lowest BCUT2D eigenvalue weighted by Gasteiger charge is -2.49. The summed E-state index contributed by atoms with van der Waals surface area (Å²) in [5.74, 6) is 0.268. The van der Waals surface area contributed by atoms with Gasteiger partial charge < -0.3 is 9.88 Å². The van der Waals surface area contributed by atoms with Gasteiger partial charge in [0.15, 0.2) is 0 Å². The van der Waals surface area contributed by atoms with E-state index in [2.05, 4.69) is 73.0 Å². The van der Waals surface area contributed by atoms with Crippen LogP contribution in [-0.4, -0.2) is 51.4 Å². The van der Waals surface area contributed by atoms with Gasteiger partial charge in [-0.05, 0) is 63.3 Å². The molecule has 4 nitrogen and oxygen atoms in total. The first-order valence-corrected chi connectivity index (χ1v) is 10.3. The predicted octanol–water partition coefficient (Wildman–Crippen LogP) is 3.83. The normalized spacial score (nSPS) is 30.3. The van der Waals surface area contributed by atoms with Crippen molar-refractivity contribution in [2.75, 3.05) is 6.54 Å². The summed E-state index contributed by atoms with van der Waals surface area (Å²) in [4.78, 5) is 21.4. The molecule has 2 unspecified atom stereocenters. The van der Waals surface area contributed by atoms with Crippen molar-refractivity contribution in [3.05, 3.63) is 41.6 Å². The highest BCUT2D eigenvalue weighted by atomic mass is 16.2. The first-order valence-electron chi connectivity index (χ1n) is 10.3. The summed E-state index contributed by atoms with van der Waals surface area (Å²) < 4.78 is 0. The molecule has 0 bridgehead atoms. The topological polar surface area (TPSA) is 39.3 Å². The van der Waals surface area contributed by atoms with E-state index in [1.807, 2.05) is 0 Å². The van der Waals surface area contributed by atoms with E-state index in [9.17, 15) is 4.79 Å². The maximum atomic E-state index is 13.3. The van der Waals surface area contributed by atoms with Gasteiger partial charge in [-0.2, -0.15) is 0 Å². The number of hydrogen-bond acceptors (Lipinski definition) is 2. The molecule has 4 heteroatoms. The van der Waals surface area contributed by atoms with Gasteiger partial charge in [0.05, 0.1) is 5.92 Å². The molecule has 0 spiro atoms. The quantitative estimate of drug-likeness (QED) is 0.881. The van der Waals surface area contributed by atoms with Crippen molar-refractivity contribution in [3.63, 3.8) is 0 Å². The van der Waals surface area contributed by atoms with Crippen molar-refractivity contribution in [1.82, 2.24) is 14.8 Å². The van der Waals surface area contributed by atoms with Gasteiger partial charge >= 0.3 is 0 Å². The van der Waals surface area contributed by atoms with E-state index < -0.39 is 0 Å². The van der Waals surface area contributed by atoms with Crippen LogP contribution in [0.5, 0.6) is 0 Å². The molecule has 1 aliphatic carbocycles. The second-order valence-corrected chi connectivity index (χ2v) is 8.96. The van der Waals surface area contributed by atoms with Crippen molar-refractivity contribution in [2.45, 2.75) is 64.7 Å². The van der Waals surface area contributed by atoms with E-state index in [0.29, 0.717) is 30.1 Å². The zero-order valence-electron chi connectivity index (χ0n) is 16.7. The summed E-state index contributed by atoms with van der Waals surface area (Å²) in [5, 5.41) is 1.35. The number of amides is 1. The van der Waals surface area contributed by atoms with Gasteiger partial charge in [0.25, 0.3) is 0 Å². The molecule has 1 aromatic carbocycles. The summed E-state index contributed by atoms with van der Waals surface area (Å²) in [7, 11) is 0. The molecule has 0 saturated carbocycles. The Labute approximate surface area is 161 Å². The molecule has 1 fully saturated rings. The highest BCUT2D eigenvalue weighted by Gasteiger charge is 2.43. The number of aromatic nitrogens is 1. The second kappa shape index (κ2) is 5.96. The number of benzene rings is 1. The smallest absolute Gasteiger partial charge is 0.231 e. The van der Waals surface area contributed by atoms with Gasteiger partial charge in [0, 0.05) is 47.8 Å². The van der Waals surface area contributed by atoms with Crippen molar-refractivity contribution in [2.24, 2.45) is 5.92 Å². The van der Waals surface area contributed by atoms with E-state index in [4.69, 9.17) is 0 Å². The fourth-order valence-corrected chi connectivity index (χ4v) is 5.64. The number of carbonyl (C=O) groups is 1. The number of H-pyrrole nitrogens is 1. The number of aromatic amines is 1. The van der Waals surface area contributed by atoms with E-state index in [-0.39, 0.29) is 5.92 Å². The largest absolute Gasteiger partial charge is 0.361 e. The Morgan fingerprint density at radius 3 is 2.70 bits per heavy atom. The number of hydrogen-bond donors (Lipinski definition) is 1. The Bertz CT molecular complexity index is 932. The lowest BCUT2D eigenvalue weighted by Crippen LogP contribution is -2.59. The van der Waals surface area contributed by atoms with Crippen LogP contribution in [0.25, 0.3) is 16.5 Å². The molecular formula is C23H29N3O. The molecule has 2 aromatic rings. The Kier molecular flexibility index (Phi) is 3.77. The first kappa shape index (κ1) is 17.1. The molecule has 3 heterocycles. The van der Waals surface area contributed by atoms with Gasteiger partial charge in [0.1, 0.15) is 0 Å². The average molecular weight is 364 g/mol. The van der Waals surface area contributed by atoms with Crippen LogP contribution in [0.4, 0.5) is 0 Å². The monoisotopic (exact) mass is 363 g/mol. The van der Waals surface area contributed by atoms with Crippen LogP contribution in [0.3, 0.4) is 0 Å².